The van der Waals surface area contributed by atoms with Crippen LogP contribution in [0.25, 0.3) is 0 Å². The lowest BCUT2D eigenvalue weighted by Gasteiger charge is -2.45. The van der Waals surface area contributed by atoms with Crippen molar-refractivity contribution in [3.8, 4) is 0 Å². The van der Waals surface area contributed by atoms with Crippen LogP contribution in [0.15, 0.2) is 118 Å². The number of hydrogen-bond acceptors (Lipinski definition) is 6. The molecule has 0 radical (unpaired) electrons. The van der Waals surface area contributed by atoms with Gasteiger partial charge in [0.2, 0.25) is 13.2 Å². The molecule has 3 aromatic carbocycles. The van der Waals surface area contributed by atoms with Crippen LogP contribution in [-0.2, 0) is 9.22 Å². The number of hydrogen-bond donors (Lipinski definition) is 1. The predicted molar refractivity (Wildman–Crippen MR) is 168 cm³/mol. The molecule has 0 saturated heterocycles. The Morgan fingerprint density at radius 3 is 1.88 bits per heavy atom. The minimum atomic E-state index is -2.97. The Bertz CT molecular complexity index is 1420. The van der Waals surface area contributed by atoms with E-state index >= 15 is 0 Å². The zero-order valence-electron chi connectivity index (χ0n) is 24.1. The maximum absolute atomic E-state index is 12.2. The van der Waals surface area contributed by atoms with Gasteiger partial charge in [-0.1, -0.05) is 133 Å². The highest BCUT2D eigenvalue weighted by atomic mass is 31.2. The third-order valence-electron chi connectivity index (χ3n) is 7.64. The molecule has 2 atom stereocenters. The van der Waals surface area contributed by atoms with Gasteiger partial charge in [-0.2, -0.15) is 5.20 Å². The molecule has 2 unspecified atom stereocenters. The van der Waals surface area contributed by atoms with Crippen LogP contribution in [0.5, 0.6) is 0 Å². The van der Waals surface area contributed by atoms with E-state index in [1.54, 1.807) is 0 Å². The zero-order valence-corrected chi connectivity index (χ0v) is 26.0. The van der Waals surface area contributed by atoms with Crippen LogP contribution < -0.4 is 15.6 Å². The number of aldehydes is 1. The van der Waals surface area contributed by atoms with Crippen LogP contribution in [0.3, 0.4) is 0 Å². The van der Waals surface area contributed by atoms with Crippen molar-refractivity contribution < 1.29 is 9.22 Å². The first kappa shape index (κ1) is 28.1. The van der Waals surface area contributed by atoms with Crippen LogP contribution in [0.1, 0.15) is 47.1 Å². The molecule has 2 heterocycles. The molecular weight excluding hydrogens is 531 g/mol. The average molecular weight is 570 g/mol. The molecule has 3 aromatic rings. The molecule has 0 aromatic heterocycles. The van der Waals surface area contributed by atoms with E-state index in [0.717, 1.165) is 28.8 Å². The summed E-state index contributed by atoms with van der Waals surface area (Å²) in [6.07, 6.45) is 1.26. The number of benzene rings is 3. The van der Waals surface area contributed by atoms with Crippen LogP contribution in [0, 0.1) is 5.41 Å². The van der Waals surface area contributed by atoms with E-state index in [1.165, 1.54) is 10.4 Å². The van der Waals surface area contributed by atoms with Gasteiger partial charge in [0.25, 0.3) is 5.44 Å². The number of fused-ring (bicyclic) bond motifs is 1. The normalized spacial score (nSPS) is 21.9. The zero-order chi connectivity index (χ0) is 28.6. The Hall–Kier alpha value is -3.41. The lowest BCUT2D eigenvalue weighted by molar-refractivity contribution is -0.105. The quantitative estimate of drug-likeness (QED) is 0.149. The molecule has 0 amide bonds. The monoisotopic (exact) mass is 569 g/mol. The van der Waals surface area contributed by atoms with Crippen molar-refractivity contribution in [1.82, 2.24) is 5.20 Å². The number of carbonyl (C=O) groups excluding carboxylic acids is 1. The highest BCUT2D eigenvalue weighted by Gasteiger charge is 2.65. The Morgan fingerprint density at radius 2 is 1.40 bits per heavy atom. The molecule has 1 N–H and O–H groups in total. The molecule has 206 valence electrons. The second-order valence-corrected chi connectivity index (χ2v) is 19.9. The van der Waals surface area contributed by atoms with Gasteiger partial charge in [-0.3, -0.25) is 4.79 Å². The molecule has 5 rings (SSSR count). The predicted octanol–water partition coefficient (Wildman–Crippen LogP) is 6.71. The highest BCUT2D eigenvalue weighted by Crippen LogP contribution is 2.74. The molecule has 0 saturated carbocycles. The Morgan fingerprint density at radius 1 is 0.875 bits per heavy atom. The summed E-state index contributed by atoms with van der Waals surface area (Å²) < 4.78 is 7.63. The van der Waals surface area contributed by atoms with E-state index in [-0.39, 0.29) is 17.0 Å². The van der Waals surface area contributed by atoms with Gasteiger partial charge in [0, 0.05) is 11.0 Å². The summed E-state index contributed by atoms with van der Waals surface area (Å²) in [5, 5.41) is 20.0. The minimum absolute atomic E-state index is 0.229. The molecule has 2 aliphatic rings. The summed E-state index contributed by atoms with van der Waals surface area (Å²) in [7, 11) is -5.46. The van der Waals surface area contributed by atoms with Gasteiger partial charge < -0.3 is 4.43 Å². The molecule has 40 heavy (non-hydrogen) atoms. The van der Waals surface area contributed by atoms with E-state index in [2.05, 4.69) is 95.3 Å². The van der Waals surface area contributed by atoms with Crippen molar-refractivity contribution >= 4 is 38.1 Å². The minimum Gasteiger partial charge on any atom is -0.533 e. The average Bonchev–Trinajstić information content (AvgIpc) is 3.46. The van der Waals surface area contributed by atoms with Gasteiger partial charge >= 0.3 is 8.32 Å². The molecular formula is C32H38N4O2PSi+. The fourth-order valence-corrected chi connectivity index (χ4v) is 13.6. The molecule has 0 bridgehead atoms. The summed E-state index contributed by atoms with van der Waals surface area (Å²) in [6.45, 7) is 13.3. The van der Waals surface area contributed by atoms with Crippen LogP contribution in [0.4, 0.5) is 0 Å². The largest absolute Gasteiger partial charge is 0.533 e. The molecule has 6 nitrogen and oxygen atoms in total. The maximum atomic E-state index is 12.2. The second-order valence-electron chi connectivity index (χ2n) is 12.4. The Kier molecular flexibility index (Phi) is 7.40. The van der Waals surface area contributed by atoms with Crippen molar-refractivity contribution in [2.45, 2.75) is 52.4 Å². The summed E-state index contributed by atoms with van der Waals surface area (Å²) in [4.78, 5) is 12.2. The molecule has 0 spiro atoms. The van der Waals surface area contributed by atoms with Gasteiger partial charge in [-0.15, -0.1) is 15.3 Å². The first-order valence-electron chi connectivity index (χ1n) is 13.7. The van der Waals surface area contributed by atoms with E-state index in [1.807, 2.05) is 42.5 Å². The molecule has 8 heteroatoms. The number of allylic oxidation sites excluding steroid dienone is 1. The third-order valence-corrected chi connectivity index (χ3v) is 16.0. The molecule has 0 fully saturated rings. The van der Waals surface area contributed by atoms with Gasteiger partial charge in [-0.25, -0.2) is 0 Å². The summed E-state index contributed by atoms with van der Waals surface area (Å²) in [6, 6.07) is 31.2. The Labute approximate surface area is 239 Å². The number of rotatable bonds is 7. The molecule has 2 aliphatic heterocycles. The van der Waals surface area contributed by atoms with Crippen LogP contribution >= 0.6 is 7.41 Å². The van der Waals surface area contributed by atoms with E-state index in [9.17, 15) is 4.79 Å². The first-order chi connectivity index (χ1) is 19.0. The van der Waals surface area contributed by atoms with Crippen LogP contribution in [-0.4, -0.2) is 32.3 Å². The second kappa shape index (κ2) is 10.5. The number of nitrogens with one attached hydrogen (secondary N) is 1. The fraction of sp³-hybridized carbons (Fsp3) is 0.312. The summed E-state index contributed by atoms with van der Waals surface area (Å²) in [5.41, 5.74) is 2.16. The van der Waals surface area contributed by atoms with Crippen molar-refractivity contribution in [2.75, 3.05) is 6.16 Å². The van der Waals surface area contributed by atoms with Crippen molar-refractivity contribution in [3.63, 3.8) is 0 Å². The summed E-state index contributed by atoms with van der Waals surface area (Å²) in [5.74, 6) is 0.468. The lowest BCUT2D eigenvalue weighted by atomic mass is 9.94. The van der Waals surface area contributed by atoms with Gasteiger partial charge in [0.15, 0.2) is 12.0 Å². The number of nitrogens with zero attached hydrogens (tertiary/aromatic N) is 3. The van der Waals surface area contributed by atoms with Crippen molar-refractivity contribution in [1.29, 1.82) is 0 Å². The Balaban J connectivity index is 1.74. The SMILES string of the molecule is CC(C)(C)/C(O[Si](c1ccccc1)(c1ccccc1)C(C)(C)C)=C1/N=NC2C(c3ccccc3)=NN[P+]12CC=O. The fourth-order valence-electron chi connectivity index (χ4n) is 5.69. The highest BCUT2D eigenvalue weighted by molar-refractivity contribution is 7.80. The van der Waals surface area contributed by atoms with Gasteiger partial charge in [0.1, 0.15) is 11.9 Å². The van der Waals surface area contributed by atoms with Crippen LogP contribution in [0.2, 0.25) is 5.04 Å². The van der Waals surface area contributed by atoms with Crippen molar-refractivity contribution in [3.05, 3.63) is 108 Å². The smallest absolute Gasteiger partial charge is 0.319 e. The van der Waals surface area contributed by atoms with Gasteiger partial charge in [-0.05, 0) is 15.4 Å². The number of hydrazone groups is 1. The maximum Gasteiger partial charge on any atom is 0.319 e. The van der Waals surface area contributed by atoms with E-state index in [0.29, 0.717) is 0 Å². The van der Waals surface area contributed by atoms with Crippen molar-refractivity contribution in [2.24, 2.45) is 20.7 Å². The lowest BCUT2D eigenvalue weighted by Crippen LogP contribution is -2.66. The number of azo groups is 1. The van der Waals surface area contributed by atoms with E-state index < -0.39 is 21.1 Å². The third kappa shape index (κ3) is 4.65. The van der Waals surface area contributed by atoms with Gasteiger partial charge in [0.05, 0.1) is 0 Å². The topological polar surface area (TPSA) is 75.4 Å². The van der Waals surface area contributed by atoms with E-state index in [4.69, 9.17) is 19.8 Å². The summed E-state index contributed by atoms with van der Waals surface area (Å²) >= 11 is 0. The molecule has 0 aliphatic carbocycles. The first-order valence-corrected chi connectivity index (χ1v) is 17.7. The standard InChI is InChI=1S/C32H38N4O2PSi/c1-31(2,3)28(30-35-34-29-27(24-16-10-7-11-17-24)33-36-39(29,30)23-22-37)38-40(32(4,5)6,25-18-12-8-13-19-25)26-20-14-9-15-21-26/h7-22,29,36H,23H2,1-6H3/q+1/b30-28+. The number of carbonyl (C=O) groups is 1.